The molecule has 11 nitrogen and oxygen atoms in total. The minimum Gasteiger partial charge on any atom is -0.393 e. The Kier molecular flexibility index (Phi) is 8.21. The van der Waals surface area contributed by atoms with Crippen LogP contribution in [0.5, 0.6) is 0 Å². The van der Waals surface area contributed by atoms with Crippen LogP contribution in [0.1, 0.15) is 32.1 Å². The topological polar surface area (TPSA) is 145 Å². The maximum Gasteiger partial charge on any atom is 0.161 e. The number of nitroso groups, excluding NO2 is 2. The third-order valence-electron chi connectivity index (χ3n) is 5.06. The Labute approximate surface area is 162 Å². The summed E-state index contributed by atoms with van der Waals surface area (Å²) in [5, 5.41) is 25.4. The highest BCUT2D eigenvalue weighted by atomic mass is 16.7. The molecular formula is C17H28N2O9. The minimum absolute atomic E-state index is 0.0324. The van der Waals surface area contributed by atoms with Gasteiger partial charge in [-0.2, -0.15) is 9.81 Å². The first kappa shape index (κ1) is 21.6. The number of hydrogen-bond donors (Lipinski definition) is 2. The van der Waals surface area contributed by atoms with Gasteiger partial charge in [0, 0.05) is 32.1 Å². The maximum absolute atomic E-state index is 10.7. The molecular weight excluding hydrogens is 376 g/mol. The van der Waals surface area contributed by atoms with Crippen molar-refractivity contribution in [3.63, 3.8) is 0 Å². The Bertz CT molecular complexity index is 511. The summed E-state index contributed by atoms with van der Waals surface area (Å²) in [5.41, 5.74) is 0. The second kappa shape index (κ2) is 10.6. The van der Waals surface area contributed by atoms with Gasteiger partial charge in [-0.1, -0.05) is 10.4 Å². The van der Waals surface area contributed by atoms with Crippen molar-refractivity contribution in [3.8, 4) is 0 Å². The number of hydrogen-bond acceptors (Lipinski definition) is 11. The summed E-state index contributed by atoms with van der Waals surface area (Å²) < 4.78 is 28.7. The molecule has 3 aliphatic heterocycles. The summed E-state index contributed by atoms with van der Waals surface area (Å²) in [5.74, 6) is 0. The van der Waals surface area contributed by atoms with Gasteiger partial charge < -0.3 is 33.9 Å². The van der Waals surface area contributed by atoms with Crippen LogP contribution in [0.25, 0.3) is 0 Å². The number of nitrogens with zero attached hydrogens (tertiary/aromatic N) is 2. The van der Waals surface area contributed by atoms with Crippen LogP contribution in [0.3, 0.4) is 0 Å². The SMILES string of the molecule is O=NC[C@H]1C[C@@H](O)C[C@@H](O[C@@H]2C[C@H](CN=O)O[C@H](O[C@H]3COC[C@@H](O)C3)C2)O1. The molecule has 160 valence electrons. The molecule has 0 bridgehead atoms. The Morgan fingerprint density at radius 3 is 2.07 bits per heavy atom. The molecule has 3 rings (SSSR count). The zero-order valence-electron chi connectivity index (χ0n) is 15.6. The molecule has 0 unspecified atom stereocenters. The quantitative estimate of drug-likeness (QED) is 0.550. The lowest BCUT2D eigenvalue weighted by Gasteiger charge is -2.40. The van der Waals surface area contributed by atoms with Crippen LogP contribution in [-0.4, -0.2) is 85.7 Å². The van der Waals surface area contributed by atoms with Crippen molar-refractivity contribution in [2.24, 2.45) is 10.4 Å². The van der Waals surface area contributed by atoms with Gasteiger partial charge in [0.2, 0.25) is 0 Å². The summed E-state index contributed by atoms with van der Waals surface area (Å²) in [6.07, 6.45) is -2.21. The average molecular weight is 404 g/mol. The van der Waals surface area contributed by atoms with Crippen LogP contribution < -0.4 is 0 Å². The van der Waals surface area contributed by atoms with Gasteiger partial charge in [0.05, 0.1) is 49.8 Å². The van der Waals surface area contributed by atoms with Crippen LogP contribution in [0.2, 0.25) is 0 Å². The first-order valence-electron chi connectivity index (χ1n) is 9.69. The summed E-state index contributed by atoms with van der Waals surface area (Å²) in [6, 6.07) is 0. The molecule has 0 aromatic rings. The fourth-order valence-corrected chi connectivity index (χ4v) is 3.86. The van der Waals surface area contributed by atoms with E-state index in [1.54, 1.807) is 0 Å². The van der Waals surface area contributed by atoms with Gasteiger partial charge in [0.25, 0.3) is 0 Å². The van der Waals surface area contributed by atoms with E-state index < -0.39 is 37.0 Å². The summed E-state index contributed by atoms with van der Waals surface area (Å²) in [7, 11) is 0. The van der Waals surface area contributed by atoms with Gasteiger partial charge in [0.1, 0.15) is 13.1 Å². The molecule has 8 atom stereocenters. The van der Waals surface area contributed by atoms with Crippen molar-refractivity contribution in [3.05, 3.63) is 9.81 Å². The minimum atomic E-state index is -0.677. The molecule has 3 saturated heterocycles. The maximum atomic E-state index is 10.7. The van der Waals surface area contributed by atoms with E-state index in [4.69, 9.17) is 23.7 Å². The Morgan fingerprint density at radius 2 is 1.39 bits per heavy atom. The lowest BCUT2D eigenvalue weighted by molar-refractivity contribution is -0.283. The van der Waals surface area contributed by atoms with Crippen molar-refractivity contribution in [1.29, 1.82) is 0 Å². The van der Waals surface area contributed by atoms with Crippen LogP contribution in [0, 0.1) is 9.81 Å². The van der Waals surface area contributed by atoms with E-state index in [2.05, 4.69) is 10.4 Å². The zero-order chi connectivity index (χ0) is 19.9. The highest BCUT2D eigenvalue weighted by Gasteiger charge is 2.37. The van der Waals surface area contributed by atoms with Gasteiger partial charge in [-0.15, -0.1) is 0 Å². The molecule has 11 heteroatoms. The average Bonchev–Trinajstić information content (AvgIpc) is 2.61. The molecule has 28 heavy (non-hydrogen) atoms. The number of ether oxygens (including phenoxy) is 5. The molecule has 0 radical (unpaired) electrons. The van der Waals surface area contributed by atoms with Crippen molar-refractivity contribution in [1.82, 2.24) is 0 Å². The first-order chi connectivity index (χ1) is 13.6. The van der Waals surface area contributed by atoms with E-state index in [-0.39, 0.29) is 38.3 Å². The number of rotatable bonds is 8. The van der Waals surface area contributed by atoms with Gasteiger partial charge in [-0.25, -0.2) is 0 Å². The highest BCUT2D eigenvalue weighted by Crippen LogP contribution is 2.29. The standard InChI is InChI=1S/C17H28N2O9/c20-10-1-13(6-18-22)26-16(3-10)25-12-4-14(7-19-23)27-17(5-12)28-15-2-11(21)8-24-9-15/h10-17,20-21H,1-9H2/t10-,11+,12-,13-,14-,15-,16+,17-/m1/s1. The third-order valence-corrected chi connectivity index (χ3v) is 5.06. The van der Waals surface area contributed by atoms with E-state index >= 15 is 0 Å². The van der Waals surface area contributed by atoms with Crippen LogP contribution in [-0.2, 0) is 23.7 Å². The number of aliphatic hydroxyl groups is 2. The lowest BCUT2D eigenvalue weighted by Crippen LogP contribution is -2.46. The van der Waals surface area contributed by atoms with E-state index in [1.807, 2.05) is 0 Å². The third kappa shape index (κ3) is 6.48. The fourth-order valence-electron chi connectivity index (χ4n) is 3.86. The van der Waals surface area contributed by atoms with E-state index in [1.165, 1.54) is 0 Å². The van der Waals surface area contributed by atoms with E-state index in [0.29, 0.717) is 32.3 Å². The smallest absolute Gasteiger partial charge is 0.161 e. The summed E-state index contributed by atoms with van der Waals surface area (Å²) >= 11 is 0. The molecule has 0 aromatic heterocycles. The van der Waals surface area contributed by atoms with Gasteiger partial charge >= 0.3 is 0 Å². The van der Waals surface area contributed by atoms with Gasteiger partial charge in [-0.3, -0.25) is 0 Å². The predicted octanol–water partition coefficient (Wildman–Crippen LogP) is 0.442. The lowest BCUT2D eigenvalue weighted by atomic mass is 10.0. The van der Waals surface area contributed by atoms with Crippen LogP contribution in [0.4, 0.5) is 0 Å². The molecule has 2 N–H and O–H groups in total. The molecule has 0 aromatic carbocycles. The molecule has 3 fully saturated rings. The predicted molar refractivity (Wildman–Crippen MR) is 94.3 cm³/mol. The summed E-state index contributed by atoms with van der Waals surface area (Å²) in [4.78, 5) is 21.2. The molecule has 0 saturated carbocycles. The van der Waals surface area contributed by atoms with E-state index in [0.717, 1.165) is 0 Å². The monoisotopic (exact) mass is 404 g/mol. The highest BCUT2D eigenvalue weighted by molar-refractivity contribution is 4.81. The Morgan fingerprint density at radius 1 is 0.750 bits per heavy atom. The second-order valence-electron chi connectivity index (χ2n) is 7.54. The molecule has 0 aliphatic carbocycles. The molecule has 3 aliphatic rings. The Hall–Kier alpha value is -1.08. The van der Waals surface area contributed by atoms with Crippen molar-refractivity contribution in [2.45, 2.75) is 81.3 Å². The zero-order valence-corrected chi connectivity index (χ0v) is 15.6. The fraction of sp³-hybridized carbons (Fsp3) is 1.00. The summed E-state index contributed by atoms with van der Waals surface area (Å²) in [6.45, 7) is 0.567. The van der Waals surface area contributed by atoms with Crippen molar-refractivity contribution in [2.75, 3.05) is 26.3 Å². The van der Waals surface area contributed by atoms with Gasteiger partial charge in [-0.05, 0) is 0 Å². The van der Waals surface area contributed by atoms with Crippen molar-refractivity contribution >= 4 is 0 Å². The normalized spacial score (nSPS) is 42.1. The van der Waals surface area contributed by atoms with E-state index in [9.17, 15) is 20.0 Å². The van der Waals surface area contributed by atoms with Gasteiger partial charge in [0.15, 0.2) is 12.6 Å². The molecule has 0 amide bonds. The second-order valence-corrected chi connectivity index (χ2v) is 7.54. The molecule has 0 spiro atoms. The van der Waals surface area contributed by atoms with Crippen LogP contribution in [0.15, 0.2) is 10.4 Å². The first-order valence-corrected chi connectivity index (χ1v) is 9.69. The Balaban J connectivity index is 1.56. The largest absolute Gasteiger partial charge is 0.393 e. The van der Waals surface area contributed by atoms with Crippen molar-refractivity contribution < 1.29 is 33.9 Å². The van der Waals surface area contributed by atoms with Crippen LogP contribution >= 0.6 is 0 Å². The number of aliphatic hydroxyl groups excluding tert-OH is 2. The molecule has 3 heterocycles.